The van der Waals surface area contributed by atoms with Crippen LogP contribution in [0.5, 0.6) is 5.75 Å². The number of hydrogen-bond donors (Lipinski definition) is 1. The molecule has 0 aliphatic heterocycles. The molecule has 0 amide bonds. The first-order chi connectivity index (χ1) is 11.1. The molecule has 0 bridgehead atoms. The van der Waals surface area contributed by atoms with Crippen LogP contribution in [-0.4, -0.2) is 16.2 Å². The topological polar surface area (TPSA) is 70.1 Å². The Kier molecular flexibility index (Phi) is 4.12. The highest BCUT2D eigenvalue weighted by Crippen LogP contribution is 2.19. The molecule has 5 nitrogen and oxygen atoms in total. The van der Waals surface area contributed by atoms with Crippen LogP contribution in [0.4, 0.5) is 0 Å². The second-order valence-corrected chi connectivity index (χ2v) is 5.34. The van der Waals surface area contributed by atoms with Crippen LogP contribution in [0.2, 0.25) is 0 Å². The number of rotatable bonds is 4. The summed E-state index contributed by atoms with van der Waals surface area (Å²) < 4.78 is 7.02. The van der Waals surface area contributed by atoms with Crippen LogP contribution in [-0.2, 0) is 0 Å². The van der Waals surface area contributed by atoms with E-state index < -0.39 is 0 Å². The molecule has 0 radical (unpaired) electrons. The first-order valence-corrected chi connectivity index (χ1v) is 7.62. The molecule has 1 aromatic heterocycles. The minimum atomic E-state index is -0.362. The maximum Gasteiger partial charge on any atom is 0.266 e. The van der Waals surface area contributed by atoms with Gasteiger partial charge in [0.1, 0.15) is 11.6 Å². The second-order valence-electron chi connectivity index (χ2n) is 5.34. The Morgan fingerprint density at radius 1 is 1.17 bits per heavy atom. The van der Waals surface area contributed by atoms with Crippen molar-refractivity contribution in [2.45, 2.75) is 19.9 Å². The second kappa shape index (κ2) is 6.22. The van der Waals surface area contributed by atoms with E-state index in [2.05, 4.69) is 4.98 Å². The summed E-state index contributed by atoms with van der Waals surface area (Å²) in [6, 6.07) is 14.3. The third-order valence-corrected chi connectivity index (χ3v) is 3.61. The lowest BCUT2D eigenvalue weighted by Crippen LogP contribution is -2.27. The molecule has 3 rings (SSSR count). The largest absolute Gasteiger partial charge is 0.494 e. The lowest BCUT2D eigenvalue weighted by molar-refractivity contribution is 0.340. The molecule has 0 aliphatic carbocycles. The Morgan fingerprint density at radius 3 is 2.52 bits per heavy atom. The van der Waals surface area contributed by atoms with Crippen molar-refractivity contribution in [3.8, 4) is 11.4 Å². The van der Waals surface area contributed by atoms with E-state index in [4.69, 9.17) is 10.5 Å². The maximum absolute atomic E-state index is 12.9. The van der Waals surface area contributed by atoms with Crippen molar-refractivity contribution in [2.75, 3.05) is 6.61 Å². The van der Waals surface area contributed by atoms with Gasteiger partial charge in [0.15, 0.2) is 0 Å². The van der Waals surface area contributed by atoms with E-state index in [9.17, 15) is 4.79 Å². The standard InChI is InChI=1S/C18H19N3O2/c1-3-23-14-10-8-13(9-11-14)21-17(12(2)19)20-16-7-5-4-6-15(16)18(21)22/h4-12H,3,19H2,1-2H3/t12-/m1/s1. The summed E-state index contributed by atoms with van der Waals surface area (Å²) in [6.07, 6.45) is 0. The van der Waals surface area contributed by atoms with Crippen molar-refractivity contribution in [2.24, 2.45) is 5.73 Å². The number of hydrogen-bond acceptors (Lipinski definition) is 4. The molecular weight excluding hydrogens is 290 g/mol. The maximum atomic E-state index is 12.9. The summed E-state index contributed by atoms with van der Waals surface area (Å²) in [7, 11) is 0. The van der Waals surface area contributed by atoms with Gasteiger partial charge >= 0.3 is 0 Å². The number of fused-ring (bicyclic) bond motifs is 1. The predicted molar refractivity (Wildman–Crippen MR) is 91.1 cm³/mol. The average Bonchev–Trinajstić information content (AvgIpc) is 2.56. The van der Waals surface area contributed by atoms with Crippen molar-refractivity contribution in [3.05, 3.63) is 64.7 Å². The van der Waals surface area contributed by atoms with Gasteiger partial charge in [0.25, 0.3) is 5.56 Å². The van der Waals surface area contributed by atoms with E-state index in [1.165, 1.54) is 0 Å². The molecule has 0 fully saturated rings. The van der Waals surface area contributed by atoms with Gasteiger partial charge in [-0.05, 0) is 50.2 Å². The van der Waals surface area contributed by atoms with E-state index in [0.29, 0.717) is 23.3 Å². The Hall–Kier alpha value is -2.66. The van der Waals surface area contributed by atoms with E-state index >= 15 is 0 Å². The molecule has 1 atom stereocenters. The number of ether oxygens (including phenoxy) is 1. The van der Waals surface area contributed by atoms with Crippen LogP contribution in [0.3, 0.4) is 0 Å². The molecule has 2 N–H and O–H groups in total. The van der Waals surface area contributed by atoms with Crippen molar-refractivity contribution < 1.29 is 4.74 Å². The molecule has 0 spiro atoms. The van der Waals surface area contributed by atoms with Crippen molar-refractivity contribution in [1.29, 1.82) is 0 Å². The quantitative estimate of drug-likeness (QED) is 0.804. The molecular formula is C18H19N3O2. The summed E-state index contributed by atoms with van der Waals surface area (Å²) in [6.45, 7) is 4.35. The van der Waals surface area contributed by atoms with Crippen molar-refractivity contribution >= 4 is 10.9 Å². The van der Waals surface area contributed by atoms with Crippen LogP contribution in [0, 0.1) is 0 Å². The number of nitrogens with zero attached hydrogens (tertiary/aromatic N) is 2. The molecule has 0 saturated carbocycles. The average molecular weight is 309 g/mol. The molecule has 0 saturated heterocycles. The summed E-state index contributed by atoms with van der Waals surface area (Å²) in [4.78, 5) is 17.5. The fraction of sp³-hybridized carbons (Fsp3) is 0.222. The smallest absolute Gasteiger partial charge is 0.266 e. The van der Waals surface area contributed by atoms with Crippen LogP contribution in [0.1, 0.15) is 25.7 Å². The van der Waals surface area contributed by atoms with Gasteiger partial charge in [-0.3, -0.25) is 9.36 Å². The Bertz CT molecular complexity index is 883. The first-order valence-electron chi connectivity index (χ1n) is 7.62. The Balaban J connectivity index is 2.24. The number of benzene rings is 2. The zero-order valence-corrected chi connectivity index (χ0v) is 13.2. The van der Waals surface area contributed by atoms with Crippen molar-refractivity contribution in [1.82, 2.24) is 9.55 Å². The van der Waals surface area contributed by atoms with Gasteiger partial charge in [0.05, 0.1) is 29.2 Å². The van der Waals surface area contributed by atoms with E-state index in [1.807, 2.05) is 56.3 Å². The molecule has 3 aromatic rings. The van der Waals surface area contributed by atoms with E-state index in [1.54, 1.807) is 10.6 Å². The van der Waals surface area contributed by atoms with Crippen LogP contribution in [0.15, 0.2) is 53.3 Å². The third-order valence-electron chi connectivity index (χ3n) is 3.61. The highest BCUT2D eigenvalue weighted by molar-refractivity contribution is 5.77. The van der Waals surface area contributed by atoms with Gasteiger partial charge in [-0.15, -0.1) is 0 Å². The lowest BCUT2D eigenvalue weighted by atomic mass is 10.2. The Morgan fingerprint density at radius 2 is 1.87 bits per heavy atom. The summed E-state index contributed by atoms with van der Waals surface area (Å²) in [5.41, 5.74) is 7.31. The van der Waals surface area contributed by atoms with Gasteiger partial charge in [-0.1, -0.05) is 12.1 Å². The molecule has 1 heterocycles. The zero-order chi connectivity index (χ0) is 16.4. The normalized spacial score (nSPS) is 12.3. The van der Waals surface area contributed by atoms with E-state index in [-0.39, 0.29) is 11.6 Å². The zero-order valence-electron chi connectivity index (χ0n) is 13.2. The van der Waals surface area contributed by atoms with Gasteiger partial charge in [0, 0.05) is 0 Å². The lowest BCUT2D eigenvalue weighted by Gasteiger charge is -2.16. The summed E-state index contributed by atoms with van der Waals surface area (Å²) >= 11 is 0. The number of para-hydroxylation sites is 1. The number of nitrogens with two attached hydrogens (primary N) is 1. The molecule has 5 heteroatoms. The third kappa shape index (κ3) is 2.83. The monoisotopic (exact) mass is 309 g/mol. The fourth-order valence-corrected chi connectivity index (χ4v) is 2.56. The predicted octanol–water partition coefficient (Wildman–Crippen LogP) is 2.80. The number of aromatic nitrogens is 2. The summed E-state index contributed by atoms with van der Waals surface area (Å²) in [5.74, 6) is 1.30. The minimum Gasteiger partial charge on any atom is -0.494 e. The van der Waals surface area contributed by atoms with Crippen LogP contribution < -0.4 is 16.0 Å². The molecule has 0 aliphatic rings. The molecule has 118 valence electrons. The fourth-order valence-electron chi connectivity index (χ4n) is 2.56. The first kappa shape index (κ1) is 15.2. The Labute approximate surface area is 134 Å². The van der Waals surface area contributed by atoms with Crippen LogP contribution in [0.25, 0.3) is 16.6 Å². The van der Waals surface area contributed by atoms with Gasteiger partial charge in [-0.25, -0.2) is 4.98 Å². The van der Waals surface area contributed by atoms with Gasteiger partial charge < -0.3 is 10.5 Å². The van der Waals surface area contributed by atoms with E-state index in [0.717, 1.165) is 11.4 Å². The molecule has 23 heavy (non-hydrogen) atoms. The molecule has 2 aromatic carbocycles. The molecule has 0 unspecified atom stereocenters. The van der Waals surface area contributed by atoms with Gasteiger partial charge in [-0.2, -0.15) is 0 Å². The highest BCUT2D eigenvalue weighted by atomic mass is 16.5. The van der Waals surface area contributed by atoms with Gasteiger partial charge in [0.2, 0.25) is 0 Å². The van der Waals surface area contributed by atoms with Crippen LogP contribution >= 0.6 is 0 Å². The SMILES string of the molecule is CCOc1ccc(-n2c([C@@H](C)N)nc3ccccc3c2=O)cc1. The highest BCUT2D eigenvalue weighted by Gasteiger charge is 2.15. The summed E-state index contributed by atoms with van der Waals surface area (Å²) in [5, 5.41) is 0.575. The minimum absolute atomic E-state index is 0.118. The van der Waals surface area contributed by atoms with Crippen molar-refractivity contribution in [3.63, 3.8) is 0 Å².